The van der Waals surface area contributed by atoms with Crippen molar-refractivity contribution in [2.45, 2.75) is 19.8 Å². The van der Waals surface area contributed by atoms with Gasteiger partial charge in [-0.25, -0.2) is 0 Å². The summed E-state index contributed by atoms with van der Waals surface area (Å²) in [7, 11) is 0. The Labute approximate surface area is 90.0 Å². The number of allylic oxidation sites excluding steroid dienone is 1. The highest BCUT2D eigenvalue weighted by Crippen LogP contribution is 2.44. The third-order valence-electron chi connectivity index (χ3n) is 3.06. The van der Waals surface area contributed by atoms with Crippen LogP contribution in [0.15, 0.2) is 36.9 Å². The first-order valence-electron chi connectivity index (χ1n) is 5.09. The summed E-state index contributed by atoms with van der Waals surface area (Å²) >= 11 is 0. The maximum Gasteiger partial charge on any atom is 0.232 e. The molecular weight excluding hydrogens is 186 g/mol. The fourth-order valence-corrected chi connectivity index (χ4v) is 2.07. The number of hydrogen-bond donors (Lipinski definition) is 1. The summed E-state index contributed by atoms with van der Waals surface area (Å²) < 4.78 is 0. The quantitative estimate of drug-likeness (QED) is 0.732. The summed E-state index contributed by atoms with van der Waals surface area (Å²) in [5, 5.41) is 2.90. The second kappa shape index (κ2) is 3.23. The molecule has 0 saturated carbocycles. The molecule has 0 radical (unpaired) electrons. The minimum Gasteiger partial charge on any atom is -0.325 e. The van der Waals surface area contributed by atoms with Crippen molar-refractivity contribution in [3.05, 3.63) is 42.5 Å². The van der Waals surface area contributed by atoms with Crippen LogP contribution in [0.2, 0.25) is 0 Å². The van der Waals surface area contributed by atoms with Crippen molar-refractivity contribution in [2.24, 2.45) is 5.41 Å². The van der Waals surface area contributed by atoms with Crippen molar-refractivity contribution in [1.82, 2.24) is 0 Å². The van der Waals surface area contributed by atoms with Gasteiger partial charge in [-0.3, -0.25) is 4.79 Å². The number of amides is 1. The lowest BCUT2D eigenvalue weighted by Gasteiger charge is -2.26. The molecule has 1 aromatic rings. The number of benzene rings is 1. The van der Waals surface area contributed by atoms with Crippen molar-refractivity contribution in [3.63, 3.8) is 0 Å². The van der Waals surface area contributed by atoms with Crippen LogP contribution in [0.1, 0.15) is 25.3 Å². The van der Waals surface area contributed by atoms with Gasteiger partial charge in [0.25, 0.3) is 0 Å². The Kier molecular flexibility index (Phi) is 2.14. The highest BCUT2D eigenvalue weighted by molar-refractivity contribution is 6.03. The van der Waals surface area contributed by atoms with Crippen molar-refractivity contribution < 1.29 is 4.79 Å². The Morgan fingerprint density at radius 1 is 1.40 bits per heavy atom. The molecule has 1 N–H and O–H groups in total. The molecule has 0 spiro atoms. The highest BCUT2D eigenvalue weighted by atomic mass is 16.2. The first-order valence-corrected chi connectivity index (χ1v) is 5.09. The van der Waals surface area contributed by atoms with E-state index in [-0.39, 0.29) is 17.2 Å². The van der Waals surface area contributed by atoms with E-state index in [1.165, 1.54) is 0 Å². The minimum absolute atomic E-state index is 0.0705. The number of rotatable bonds is 2. The van der Waals surface area contributed by atoms with Crippen LogP contribution in [0.4, 0.5) is 5.69 Å². The molecule has 1 aliphatic heterocycles. The molecule has 1 aliphatic rings. The monoisotopic (exact) mass is 201 g/mol. The Balaban J connectivity index is 2.51. The van der Waals surface area contributed by atoms with Crippen LogP contribution in [0.5, 0.6) is 0 Å². The molecule has 1 unspecified atom stereocenters. The lowest BCUT2D eigenvalue weighted by Crippen LogP contribution is -2.26. The Morgan fingerprint density at radius 3 is 2.73 bits per heavy atom. The van der Waals surface area contributed by atoms with E-state index >= 15 is 0 Å². The van der Waals surface area contributed by atoms with E-state index in [9.17, 15) is 4.79 Å². The molecule has 0 saturated heterocycles. The Morgan fingerprint density at radius 2 is 2.07 bits per heavy atom. The zero-order chi connectivity index (χ0) is 11.1. The van der Waals surface area contributed by atoms with Gasteiger partial charge in [0.05, 0.1) is 5.92 Å². The lowest BCUT2D eigenvalue weighted by molar-refractivity contribution is -0.118. The van der Waals surface area contributed by atoms with Crippen LogP contribution in [0.3, 0.4) is 0 Å². The number of carbonyl (C=O) groups excluding carboxylic acids is 1. The van der Waals surface area contributed by atoms with Gasteiger partial charge in [-0.1, -0.05) is 38.1 Å². The molecule has 2 rings (SSSR count). The average molecular weight is 201 g/mol. The van der Waals surface area contributed by atoms with Crippen LogP contribution in [0, 0.1) is 5.41 Å². The first-order chi connectivity index (χ1) is 7.06. The van der Waals surface area contributed by atoms with Gasteiger partial charge >= 0.3 is 0 Å². The van der Waals surface area contributed by atoms with E-state index < -0.39 is 0 Å². The molecule has 1 heterocycles. The lowest BCUT2D eigenvalue weighted by atomic mass is 9.76. The molecular formula is C13H15NO. The largest absolute Gasteiger partial charge is 0.325 e. The van der Waals surface area contributed by atoms with Crippen LogP contribution < -0.4 is 5.32 Å². The van der Waals surface area contributed by atoms with E-state index in [0.717, 1.165) is 11.3 Å². The van der Waals surface area contributed by atoms with Crippen molar-refractivity contribution in [1.29, 1.82) is 0 Å². The Hall–Kier alpha value is -1.57. The van der Waals surface area contributed by atoms with Gasteiger partial charge in [0.15, 0.2) is 0 Å². The molecule has 2 heteroatoms. The number of anilines is 1. The number of para-hydroxylation sites is 1. The fourth-order valence-electron chi connectivity index (χ4n) is 2.07. The molecule has 1 atom stereocenters. The van der Waals surface area contributed by atoms with Gasteiger partial charge in [-0.15, -0.1) is 6.58 Å². The molecule has 1 amide bonds. The third kappa shape index (κ3) is 1.46. The van der Waals surface area contributed by atoms with Gasteiger partial charge in [0.1, 0.15) is 0 Å². The second-order valence-corrected chi connectivity index (χ2v) is 4.54. The third-order valence-corrected chi connectivity index (χ3v) is 3.06. The maximum absolute atomic E-state index is 11.9. The van der Waals surface area contributed by atoms with Gasteiger partial charge in [0, 0.05) is 5.69 Å². The number of fused-ring (bicyclic) bond motifs is 1. The van der Waals surface area contributed by atoms with Gasteiger partial charge in [-0.05, 0) is 17.0 Å². The smallest absolute Gasteiger partial charge is 0.232 e. The van der Waals surface area contributed by atoms with Crippen molar-refractivity contribution in [3.8, 4) is 0 Å². The maximum atomic E-state index is 11.9. The predicted molar refractivity (Wildman–Crippen MR) is 61.8 cm³/mol. The fraction of sp³-hybridized carbons (Fsp3) is 0.308. The Bertz CT molecular complexity index is 420. The van der Waals surface area contributed by atoms with Gasteiger partial charge in [0.2, 0.25) is 5.91 Å². The van der Waals surface area contributed by atoms with E-state index in [4.69, 9.17) is 0 Å². The minimum atomic E-state index is -0.212. The van der Waals surface area contributed by atoms with Crippen molar-refractivity contribution in [2.75, 3.05) is 5.32 Å². The molecule has 0 aromatic heterocycles. The van der Waals surface area contributed by atoms with E-state index in [2.05, 4.69) is 11.9 Å². The number of hydrogen-bond acceptors (Lipinski definition) is 1. The van der Waals surface area contributed by atoms with E-state index in [0.29, 0.717) is 0 Å². The summed E-state index contributed by atoms with van der Waals surface area (Å²) in [5.41, 5.74) is 1.80. The zero-order valence-corrected chi connectivity index (χ0v) is 9.08. The molecule has 78 valence electrons. The van der Waals surface area contributed by atoms with Crippen LogP contribution in [0.25, 0.3) is 0 Å². The van der Waals surface area contributed by atoms with Crippen LogP contribution in [-0.2, 0) is 4.79 Å². The molecule has 1 aromatic carbocycles. The van der Waals surface area contributed by atoms with Gasteiger partial charge < -0.3 is 5.32 Å². The van der Waals surface area contributed by atoms with Crippen molar-refractivity contribution >= 4 is 11.6 Å². The molecule has 0 fully saturated rings. The van der Waals surface area contributed by atoms with Crippen LogP contribution >= 0.6 is 0 Å². The normalized spacial score (nSPS) is 19.6. The van der Waals surface area contributed by atoms with Gasteiger partial charge in [-0.2, -0.15) is 0 Å². The molecule has 15 heavy (non-hydrogen) atoms. The SMILES string of the molecule is C=CC(C)(C)C1C(=O)Nc2ccccc21. The summed E-state index contributed by atoms with van der Waals surface area (Å²) in [6.45, 7) is 7.87. The standard InChI is InChI=1S/C13H15NO/c1-4-13(2,3)11-9-7-5-6-8-10(9)14-12(11)15/h4-8,11H,1H2,2-3H3,(H,14,15). The summed E-state index contributed by atoms with van der Waals surface area (Å²) in [4.78, 5) is 11.9. The second-order valence-electron chi connectivity index (χ2n) is 4.54. The van der Waals surface area contributed by atoms with Crippen LogP contribution in [-0.4, -0.2) is 5.91 Å². The summed E-state index contributed by atoms with van der Waals surface area (Å²) in [6.07, 6.45) is 1.85. The molecule has 0 aliphatic carbocycles. The summed E-state index contributed by atoms with van der Waals surface area (Å²) in [5.74, 6) is -0.0488. The zero-order valence-electron chi connectivity index (χ0n) is 9.08. The van der Waals surface area contributed by atoms with E-state index in [1.807, 2.05) is 44.2 Å². The predicted octanol–water partition coefficient (Wildman–Crippen LogP) is 2.93. The summed E-state index contributed by atoms with van der Waals surface area (Å²) in [6, 6.07) is 7.84. The molecule has 0 bridgehead atoms. The topological polar surface area (TPSA) is 29.1 Å². The number of carbonyl (C=O) groups is 1. The average Bonchev–Trinajstić information content (AvgIpc) is 2.54. The number of nitrogens with one attached hydrogen (secondary N) is 1. The highest BCUT2D eigenvalue weighted by Gasteiger charge is 2.39. The molecule has 2 nitrogen and oxygen atoms in total. The van der Waals surface area contributed by atoms with E-state index in [1.54, 1.807) is 0 Å². The first kappa shape index (κ1) is 9.97.